The van der Waals surface area contributed by atoms with Crippen molar-refractivity contribution >= 4 is 15.9 Å². The predicted octanol–water partition coefficient (Wildman–Crippen LogP) is 1.42. The fraction of sp³-hybridized carbons (Fsp3) is 0.611. The van der Waals surface area contributed by atoms with Gasteiger partial charge in [0, 0.05) is 37.5 Å². The molecular weight excluding hydrogens is 370 g/mol. The molecule has 1 saturated heterocycles. The topological polar surface area (TPSA) is 101 Å². The first-order valence-electron chi connectivity index (χ1n) is 9.05. The third-order valence-corrected chi connectivity index (χ3v) is 7.96. The predicted molar refractivity (Wildman–Crippen MR) is 99.6 cm³/mol. The Balaban J connectivity index is 1.75. The molecule has 1 aromatic rings. The van der Waals surface area contributed by atoms with Gasteiger partial charge in [0.25, 0.3) is 0 Å². The molecule has 0 spiro atoms. The second kappa shape index (κ2) is 6.87. The van der Waals surface area contributed by atoms with Crippen LogP contribution in [-0.2, 0) is 14.8 Å². The smallest absolute Gasteiger partial charge is 0.243 e. The van der Waals surface area contributed by atoms with Crippen LogP contribution < -0.4 is 0 Å². The zero-order valence-corrected chi connectivity index (χ0v) is 16.9. The Morgan fingerprint density at radius 3 is 2.04 bits per heavy atom. The number of nitrogens with zero attached hydrogens (tertiary/aromatic N) is 3. The fourth-order valence-electron chi connectivity index (χ4n) is 3.76. The van der Waals surface area contributed by atoms with Gasteiger partial charge in [-0.25, -0.2) is 8.42 Å². The largest absolute Gasteiger partial charge is 0.340 e. The summed E-state index contributed by atoms with van der Waals surface area (Å²) in [6, 6.07) is 1.21. The van der Waals surface area contributed by atoms with E-state index in [1.807, 2.05) is 33.8 Å². The monoisotopic (exact) mass is 395 g/mol. The van der Waals surface area contributed by atoms with Crippen LogP contribution in [0.4, 0.5) is 0 Å². The number of sulfonamides is 1. The van der Waals surface area contributed by atoms with Crippen molar-refractivity contribution in [1.29, 1.82) is 0 Å². The van der Waals surface area contributed by atoms with Gasteiger partial charge in [-0.15, -0.1) is 0 Å². The molecule has 1 amide bonds. The van der Waals surface area contributed by atoms with Crippen molar-refractivity contribution in [2.24, 2.45) is 5.92 Å². The van der Waals surface area contributed by atoms with Crippen LogP contribution in [0.5, 0.6) is 0 Å². The first kappa shape index (κ1) is 19.8. The maximum absolute atomic E-state index is 13.2. The van der Waals surface area contributed by atoms with E-state index in [1.54, 1.807) is 4.90 Å². The number of benzene rings is 1. The van der Waals surface area contributed by atoms with E-state index in [4.69, 9.17) is 0 Å². The highest BCUT2D eigenvalue weighted by Gasteiger charge is 2.54. The Bertz CT molecular complexity index is 878. The SMILES string of the molecule is Cc1cc(C)c(C)c(S(=O)(=O)N2CCN(C(=O)C3CC3[N+](=O)[O-])CC2)c1C. The quantitative estimate of drug-likeness (QED) is 0.567. The lowest BCUT2D eigenvalue weighted by molar-refractivity contribution is -0.497. The molecule has 1 saturated carbocycles. The molecule has 0 aromatic heterocycles. The normalized spacial score (nSPS) is 23.3. The number of rotatable bonds is 4. The summed E-state index contributed by atoms with van der Waals surface area (Å²) in [6.45, 7) is 8.38. The number of piperazine rings is 1. The van der Waals surface area contributed by atoms with Crippen LogP contribution in [0.3, 0.4) is 0 Å². The third kappa shape index (κ3) is 3.45. The van der Waals surface area contributed by atoms with Crippen LogP contribution in [0.1, 0.15) is 28.7 Å². The number of carbonyl (C=O) groups excluding carboxylic acids is 1. The molecule has 8 nitrogen and oxygen atoms in total. The highest BCUT2D eigenvalue weighted by Crippen LogP contribution is 2.35. The molecule has 1 aromatic carbocycles. The molecule has 1 heterocycles. The maximum Gasteiger partial charge on any atom is 0.243 e. The average molecular weight is 395 g/mol. The highest BCUT2D eigenvalue weighted by atomic mass is 32.2. The summed E-state index contributed by atoms with van der Waals surface area (Å²) < 4.78 is 27.9. The summed E-state index contributed by atoms with van der Waals surface area (Å²) in [5.41, 5.74) is 3.38. The van der Waals surface area contributed by atoms with Crippen molar-refractivity contribution in [3.05, 3.63) is 38.4 Å². The van der Waals surface area contributed by atoms with Gasteiger partial charge in [-0.2, -0.15) is 4.31 Å². The maximum atomic E-state index is 13.2. The van der Waals surface area contributed by atoms with Crippen molar-refractivity contribution in [3.8, 4) is 0 Å². The first-order chi connectivity index (χ1) is 12.6. The van der Waals surface area contributed by atoms with Crippen LogP contribution in [0.2, 0.25) is 0 Å². The first-order valence-corrected chi connectivity index (χ1v) is 10.5. The molecule has 9 heteroatoms. The van der Waals surface area contributed by atoms with Crippen LogP contribution in [0.15, 0.2) is 11.0 Å². The van der Waals surface area contributed by atoms with Gasteiger partial charge >= 0.3 is 0 Å². The highest BCUT2D eigenvalue weighted by molar-refractivity contribution is 7.89. The van der Waals surface area contributed by atoms with Gasteiger partial charge in [-0.3, -0.25) is 14.9 Å². The standard InChI is InChI=1S/C18H25N3O5S/c1-11-9-12(2)14(4)17(13(11)3)27(25,26)20-7-5-19(6-8-20)18(22)15-10-16(15)21(23)24/h9,15-16H,5-8,10H2,1-4H3. The lowest BCUT2D eigenvalue weighted by atomic mass is 10.0. The van der Waals surface area contributed by atoms with Gasteiger partial charge in [0.15, 0.2) is 0 Å². The zero-order chi connectivity index (χ0) is 20.1. The summed E-state index contributed by atoms with van der Waals surface area (Å²) in [6.07, 6.45) is 0.283. The minimum atomic E-state index is -3.66. The van der Waals surface area contributed by atoms with E-state index in [1.165, 1.54) is 4.31 Å². The van der Waals surface area contributed by atoms with Gasteiger partial charge in [0.1, 0.15) is 5.92 Å². The molecule has 0 radical (unpaired) electrons. The van der Waals surface area contributed by atoms with Gasteiger partial charge in [-0.05, 0) is 49.9 Å². The molecule has 2 fully saturated rings. The van der Waals surface area contributed by atoms with E-state index in [0.717, 1.165) is 22.3 Å². The number of amides is 1. The second-order valence-corrected chi connectivity index (χ2v) is 9.39. The van der Waals surface area contributed by atoms with Gasteiger partial charge in [-0.1, -0.05) is 6.07 Å². The van der Waals surface area contributed by atoms with Gasteiger partial charge in [0.05, 0.1) is 4.90 Å². The third-order valence-electron chi connectivity index (χ3n) is 5.79. The van der Waals surface area contributed by atoms with Crippen molar-refractivity contribution in [1.82, 2.24) is 9.21 Å². The van der Waals surface area contributed by atoms with Crippen molar-refractivity contribution in [2.75, 3.05) is 26.2 Å². The Hall–Kier alpha value is -2.00. The fourth-order valence-corrected chi connectivity index (χ4v) is 5.76. The molecule has 1 aliphatic heterocycles. The Kier molecular flexibility index (Phi) is 5.02. The molecule has 2 unspecified atom stereocenters. The summed E-state index contributed by atoms with van der Waals surface area (Å²) in [5, 5.41) is 10.8. The second-order valence-electron chi connectivity index (χ2n) is 7.51. The lowest BCUT2D eigenvalue weighted by Gasteiger charge is -2.34. The van der Waals surface area contributed by atoms with Crippen molar-refractivity contribution in [3.63, 3.8) is 0 Å². The lowest BCUT2D eigenvalue weighted by Crippen LogP contribution is -2.51. The molecule has 0 N–H and O–H groups in total. The Morgan fingerprint density at radius 1 is 1.07 bits per heavy atom. The number of hydrogen-bond acceptors (Lipinski definition) is 5. The molecular formula is C18H25N3O5S. The summed E-state index contributed by atoms with van der Waals surface area (Å²) in [5.74, 6) is -0.778. The van der Waals surface area contributed by atoms with E-state index in [-0.39, 0.29) is 38.5 Å². The Morgan fingerprint density at radius 2 is 1.59 bits per heavy atom. The number of carbonyl (C=O) groups is 1. The van der Waals surface area contributed by atoms with Crippen LogP contribution >= 0.6 is 0 Å². The summed E-state index contributed by atoms with van der Waals surface area (Å²) >= 11 is 0. The van der Waals surface area contributed by atoms with Crippen LogP contribution in [0, 0.1) is 43.7 Å². The molecule has 27 heavy (non-hydrogen) atoms. The van der Waals surface area contributed by atoms with E-state index >= 15 is 0 Å². The van der Waals surface area contributed by atoms with Gasteiger partial charge in [0.2, 0.25) is 22.0 Å². The van der Waals surface area contributed by atoms with Gasteiger partial charge < -0.3 is 4.90 Å². The minimum absolute atomic E-state index is 0.204. The molecule has 2 atom stereocenters. The minimum Gasteiger partial charge on any atom is -0.340 e. The van der Waals surface area contributed by atoms with E-state index < -0.39 is 26.9 Å². The molecule has 2 aliphatic rings. The molecule has 148 valence electrons. The molecule has 1 aliphatic carbocycles. The summed E-state index contributed by atoms with van der Waals surface area (Å²) in [4.78, 5) is 24.6. The van der Waals surface area contributed by atoms with E-state index in [2.05, 4.69) is 0 Å². The molecule has 0 bridgehead atoms. The van der Waals surface area contributed by atoms with Crippen LogP contribution in [-0.4, -0.2) is 60.7 Å². The van der Waals surface area contributed by atoms with E-state index in [0.29, 0.717) is 4.90 Å². The number of nitro groups is 1. The zero-order valence-electron chi connectivity index (χ0n) is 16.1. The van der Waals surface area contributed by atoms with Crippen molar-refractivity contribution in [2.45, 2.75) is 45.1 Å². The van der Waals surface area contributed by atoms with E-state index in [9.17, 15) is 23.3 Å². The summed E-state index contributed by atoms with van der Waals surface area (Å²) in [7, 11) is -3.66. The molecule has 3 rings (SSSR count). The average Bonchev–Trinajstić information content (AvgIpc) is 3.40. The van der Waals surface area contributed by atoms with Crippen LogP contribution in [0.25, 0.3) is 0 Å². The number of hydrogen-bond donors (Lipinski definition) is 0. The van der Waals surface area contributed by atoms with Crippen molar-refractivity contribution < 1.29 is 18.1 Å². The Labute approximate surface area is 159 Å². The number of aryl methyl sites for hydroxylation is 2.